The summed E-state index contributed by atoms with van der Waals surface area (Å²) in [6.45, 7) is 0.498. The van der Waals surface area contributed by atoms with E-state index in [1.54, 1.807) is 35.4 Å². The molecular formula is C27H27F3N4O5. The largest absolute Gasteiger partial charge is 0.497 e. The zero-order chi connectivity index (χ0) is 27.9. The van der Waals surface area contributed by atoms with Gasteiger partial charge in [0, 0.05) is 48.5 Å². The molecule has 1 aliphatic heterocycles. The molecule has 0 unspecified atom stereocenters. The standard InChI is InChI=1S/C27H27F3N4O5/c1-38-19-11-16(12-20(14-19)39-2)24-21-6-8-32(9-10-35)25(21)26(37)34(31-24)23-13-17(33-7-5-18(36)15-33)3-4-22(23)27(28,29)30/h3-4,6,8,11-14,18,35-36H,5,7,9-10,15H2,1-2H3/t18-/m0/s1. The van der Waals surface area contributed by atoms with Crippen molar-refractivity contribution in [1.82, 2.24) is 14.3 Å². The van der Waals surface area contributed by atoms with Crippen LogP contribution in [0.1, 0.15) is 12.0 Å². The number of rotatable bonds is 7. The highest BCUT2D eigenvalue weighted by atomic mass is 19.4. The Morgan fingerprint density at radius 2 is 1.79 bits per heavy atom. The van der Waals surface area contributed by atoms with Gasteiger partial charge < -0.3 is 29.2 Å². The molecule has 9 nitrogen and oxygen atoms in total. The van der Waals surface area contributed by atoms with Gasteiger partial charge in [0.05, 0.1) is 38.2 Å². The molecule has 1 saturated heterocycles. The van der Waals surface area contributed by atoms with Gasteiger partial charge in [0.2, 0.25) is 0 Å². The molecule has 2 aromatic heterocycles. The van der Waals surface area contributed by atoms with Gasteiger partial charge in [0.15, 0.2) is 0 Å². The van der Waals surface area contributed by atoms with Gasteiger partial charge >= 0.3 is 6.18 Å². The van der Waals surface area contributed by atoms with Crippen molar-refractivity contribution in [3.63, 3.8) is 0 Å². The molecule has 2 aromatic carbocycles. The quantitative estimate of drug-likeness (QED) is 0.368. The van der Waals surface area contributed by atoms with E-state index < -0.39 is 29.1 Å². The van der Waals surface area contributed by atoms with Crippen molar-refractivity contribution < 1.29 is 32.9 Å². The molecule has 1 fully saturated rings. The van der Waals surface area contributed by atoms with Crippen LogP contribution in [0.15, 0.2) is 53.5 Å². The van der Waals surface area contributed by atoms with Crippen LogP contribution in [0.4, 0.5) is 18.9 Å². The molecule has 0 radical (unpaired) electrons. The van der Waals surface area contributed by atoms with E-state index in [1.807, 2.05) is 0 Å². The third-order valence-corrected chi connectivity index (χ3v) is 6.82. The van der Waals surface area contributed by atoms with Gasteiger partial charge in [0.25, 0.3) is 5.56 Å². The maximum atomic E-state index is 14.2. The van der Waals surface area contributed by atoms with Crippen LogP contribution in [0.5, 0.6) is 11.5 Å². The number of aliphatic hydroxyl groups is 2. The van der Waals surface area contributed by atoms with Gasteiger partial charge in [-0.15, -0.1) is 0 Å². The number of methoxy groups -OCH3 is 2. The minimum atomic E-state index is -4.78. The van der Waals surface area contributed by atoms with E-state index in [2.05, 4.69) is 5.10 Å². The SMILES string of the molecule is COc1cc(OC)cc(-c2nn(-c3cc(N4CC[C@H](O)C4)ccc3C(F)(F)F)c(=O)c3c2ccn3CCO)c1. The van der Waals surface area contributed by atoms with Crippen LogP contribution in [0.3, 0.4) is 0 Å². The van der Waals surface area contributed by atoms with Crippen LogP contribution in [0.25, 0.3) is 27.8 Å². The van der Waals surface area contributed by atoms with Crippen LogP contribution < -0.4 is 19.9 Å². The maximum absolute atomic E-state index is 14.2. The molecule has 0 amide bonds. The van der Waals surface area contributed by atoms with Crippen LogP contribution in [-0.4, -0.2) is 64.6 Å². The van der Waals surface area contributed by atoms with Gasteiger partial charge in [-0.2, -0.15) is 23.0 Å². The number of anilines is 1. The summed E-state index contributed by atoms with van der Waals surface area (Å²) in [6, 6.07) is 10.1. The number of benzene rings is 2. The van der Waals surface area contributed by atoms with Crippen molar-refractivity contribution in [3.05, 3.63) is 64.6 Å². The number of fused-ring (bicyclic) bond motifs is 1. The molecule has 3 heterocycles. The fraction of sp³-hybridized carbons (Fsp3) is 0.333. The second kappa shape index (κ2) is 10.3. The Morgan fingerprint density at radius 3 is 2.38 bits per heavy atom. The monoisotopic (exact) mass is 544 g/mol. The van der Waals surface area contributed by atoms with Gasteiger partial charge in [0.1, 0.15) is 22.7 Å². The first-order valence-corrected chi connectivity index (χ1v) is 12.3. The molecular weight excluding hydrogens is 517 g/mol. The van der Waals surface area contributed by atoms with E-state index in [4.69, 9.17) is 9.47 Å². The maximum Gasteiger partial charge on any atom is 0.418 e. The van der Waals surface area contributed by atoms with Crippen LogP contribution in [-0.2, 0) is 12.7 Å². The Morgan fingerprint density at radius 1 is 1.08 bits per heavy atom. The topological polar surface area (TPSA) is 102 Å². The van der Waals surface area contributed by atoms with E-state index in [0.717, 1.165) is 10.7 Å². The molecule has 5 rings (SSSR count). The second-order valence-corrected chi connectivity index (χ2v) is 9.25. The summed E-state index contributed by atoms with van der Waals surface area (Å²) in [7, 11) is 2.94. The summed E-state index contributed by atoms with van der Waals surface area (Å²) in [5.74, 6) is 0.856. The highest BCUT2D eigenvalue weighted by Gasteiger charge is 2.36. The molecule has 0 saturated carbocycles. The Bertz CT molecular complexity index is 1560. The molecule has 0 aliphatic carbocycles. The van der Waals surface area contributed by atoms with Gasteiger partial charge in [-0.1, -0.05) is 0 Å². The second-order valence-electron chi connectivity index (χ2n) is 9.25. The van der Waals surface area contributed by atoms with Crippen molar-refractivity contribution in [3.8, 4) is 28.4 Å². The van der Waals surface area contributed by atoms with E-state index in [9.17, 15) is 28.2 Å². The molecule has 4 aromatic rings. The van der Waals surface area contributed by atoms with Crippen molar-refractivity contribution in [1.29, 1.82) is 0 Å². The van der Waals surface area contributed by atoms with Gasteiger partial charge in [-0.3, -0.25) is 4.79 Å². The van der Waals surface area contributed by atoms with Crippen molar-refractivity contribution in [2.24, 2.45) is 0 Å². The zero-order valence-corrected chi connectivity index (χ0v) is 21.3. The Labute approximate surface area is 221 Å². The van der Waals surface area contributed by atoms with Crippen LogP contribution in [0.2, 0.25) is 0 Å². The number of hydrogen-bond donors (Lipinski definition) is 2. The smallest absolute Gasteiger partial charge is 0.418 e. The first-order chi connectivity index (χ1) is 18.6. The molecule has 1 aliphatic rings. The normalized spacial score (nSPS) is 15.8. The average molecular weight is 545 g/mol. The minimum absolute atomic E-state index is 0.0570. The van der Waals surface area contributed by atoms with E-state index >= 15 is 0 Å². The summed E-state index contributed by atoms with van der Waals surface area (Å²) in [5, 5.41) is 24.4. The lowest BCUT2D eigenvalue weighted by atomic mass is 10.1. The van der Waals surface area contributed by atoms with Crippen molar-refractivity contribution in [2.45, 2.75) is 25.2 Å². The third kappa shape index (κ3) is 4.92. The number of nitrogens with zero attached hydrogens (tertiary/aromatic N) is 4. The summed E-state index contributed by atoms with van der Waals surface area (Å²) in [4.78, 5) is 15.6. The molecule has 206 valence electrons. The van der Waals surface area contributed by atoms with Gasteiger partial charge in [-0.25, -0.2) is 0 Å². The molecule has 0 spiro atoms. The summed E-state index contributed by atoms with van der Waals surface area (Å²) in [6.07, 6.45) is -3.30. The fourth-order valence-electron chi connectivity index (χ4n) is 4.92. The first kappa shape index (κ1) is 26.6. The molecule has 0 bridgehead atoms. The summed E-state index contributed by atoms with van der Waals surface area (Å²) < 4.78 is 55.7. The first-order valence-electron chi connectivity index (χ1n) is 12.3. The number of aromatic nitrogens is 3. The van der Waals surface area contributed by atoms with E-state index in [0.29, 0.717) is 41.1 Å². The van der Waals surface area contributed by atoms with Gasteiger partial charge in [-0.05, 0) is 42.8 Å². The summed E-state index contributed by atoms with van der Waals surface area (Å²) >= 11 is 0. The van der Waals surface area contributed by atoms with Crippen LogP contribution in [0, 0.1) is 0 Å². The predicted molar refractivity (Wildman–Crippen MR) is 139 cm³/mol. The number of hydrogen-bond acceptors (Lipinski definition) is 7. The number of alkyl halides is 3. The number of halogens is 3. The van der Waals surface area contributed by atoms with Crippen LogP contribution >= 0.6 is 0 Å². The molecule has 1 atom stereocenters. The molecule has 39 heavy (non-hydrogen) atoms. The number of β-amino-alcohol motifs (C(OH)–C–C–N with tert-alkyl or cyclic N) is 1. The molecule has 12 heteroatoms. The van der Waals surface area contributed by atoms with E-state index in [-0.39, 0.29) is 30.9 Å². The average Bonchev–Trinajstić information content (AvgIpc) is 3.55. The predicted octanol–water partition coefficient (Wildman–Crippen LogP) is 3.45. The lowest BCUT2D eigenvalue weighted by molar-refractivity contribution is -0.137. The number of ether oxygens (including phenoxy) is 2. The Kier molecular flexibility index (Phi) is 7.00. The highest BCUT2D eigenvalue weighted by molar-refractivity contribution is 5.93. The lowest BCUT2D eigenvalue weighted by Gasteiger charge is -2.22. The third-order valence-electron chi connectivity index (χ3n) is 6.82. The van der Waals surface area contributed by atoms with Crippen molar-refractivity contribution in [2.75, 3.05) is 38.8 Å². The fourth-order valence-corrected chi connectivity index (χ4v) is 4.92. The minimum Gasteiger partial charge on any atom is -0.497 e. The van der Waals surface area contributed by atoms with Crippen molar-refractivity contribution >= 4 is 16.6 Å². The molecule has 2 N–H and O–H groups in total. The number of aliphatic hydroxyl groups excluding tert-OH is 2. The Hall–Kier alpha value is -4.03. The highest BCUT2D eigenvalue weighted by Crippen LogP contribution is 2.37. The Balaban J connectivity index is 1.83. The van der Waals surface area contributed by atoms with E-state index in [1.165, 1.54) is 30.9 Å². The summed E-state index contributed by atoms with van der Waals surface area (Å²) in [5.41, 5.74) is -1.04. The zero-order valence-electron chi connectivity index (χ0n) is 21.3. The lowest BCUT2D eigenvalue weighted by Crippen LogP contribution is -2.27.